The van der Waals surface area contributed by atoms with Crippen LogP contribution < -0.4 is 10.6 Å². The maximum absolute atomic E-state index is 13.0. The normalized spacial score (nSPS) is 10.7. The highest BCUT2D eigenvalue weighted by Crippen LogP contribution is 2.17. The summed E-state index contributed by atoms with van der Waals surface area (Å²) < 4.78 is 0. The number of benzene rings is 2. The largest absolute Gasteiger partial charge is 0.336 e. The van der Waals surface area contributed by atoms with Gasteiger partial charge in [0, 0.05) is 29.9 Å². The number of anilines is 1. The molecule has 0 aliphatic rings. The van der Waals surface area contributed by atoms with Crippen molar-refractivity contribution in [1.29, 1.82) is 0 Å². The van der Waals surface area contributed by atoms with E-state index >= 15 is 0 Å². The summed E-state index contributed by atoms with van der Waals surface area (Å²) in [7, 11) is 0. The van der Waals surface area contributed by atoms with Crippen molar-refractivity contribution in [3.05, 3.63) is 65.7 Å². The van der Waals surface area contributed by atoms with Gasteiger partial charge in [0.2, 0.25) is 0 Å². The van der Waals surface area contributed by atoms with E-state index in [0.29, 0.717) is 17.8 Å². The molecular formula is C21H27N3O2. The Morgan fingerprint density at radius 2 is 1.65 bits per heavy atom. The number of nitrogens with zero attached hydrogens (tertiary/aromatic N) is 1. The van der Waals surface area contributed by atoms with Crippen LogP contribution in [0.15, 0.2) is 54.6 Å². The summed E-state index contributed by atoms with van der Waals surface area (Å²) in [6.07, 6.45) is 0. The monoisotopic (exact) mass is 353 g/mol. The van der Waals surface area contributed by atoms with Crippen LogP contribution in [0.1, 0.15) is 43.6 Å². The van der Waals surface area contributed by atoms with Gasteiger partial charge in [-0.05, 0) is 51.5 Å². The summed E-state index contributed by atoms with van der Waals surface area (Å²) in [5, 5.41) is 5.53. The lowest BCUT2D eigenvalue weighted by atomic mass is 10.1. The average Bonchev–Trinajstić information content (AvgIpc) is 2.59. The first-order valence-electron chi connectivity index (χ1n) is 8.89. The van der Waals surface area contributed by atoms with E-state index in [-0.39, 0.29) is 24.0 Å². The highest BCUT2D eigenvalue weighted by atomic mass is 16.2. The third-order valence-electron chi connectivity index (χ3n) is 3.87. The van der Waals surface area contributed by atoms with Crippen LogP contribution in [0.3, 0.4) is 0 Å². The van der Waals surface area contributed by atoms with Crippen molar-refractivity contribution in [3.63, 3.8) is 0 Å². The van der Waals surface area contributed by atoms with Crippen molar-refractivity contribution < 1.29 is 9.59 Å². The molecule has 0 bridgehead atoms. The van der Waals surface area contributed by atoms with Gasteiger partial charge in [0.05, 0.1) is 0 Å². The van der Waals surface area contributed by atoms with E-state index in [0.717, 1.165) is 5.56 Å². The second-order valence-corrected chi connectivity index (χ2v) is 6.85. The molecule has 26 heavy (non-hydrogen) atoms. The summed E-state index contributed by atoms with van der Waals surface area (Å²) in [6, 6.07) is 16.8. The van der Waals surface area contributed by atoms with Crippen molar-refractivity contribution in [2.24, 2.45) is 0 Å². The second kappa shape index (κ2) is 9.04. The average molecular weight is 353 g/mol. The molecule has 0 aliphatic carbocycles. The minimum atomic E-state index is -0.283. The van der Waals surface area contributed by atoms with Gasteiger partial charge in [0.15, 0.2) is 0 Å². The number of rotatable bonds is 6. The molecule has 0 radical (unpaired) electrons. The quantitative estimate of drug-likeness (QED) is 0.815. The predicted octanol–water partition coefficient (Wildman–Crippen LogP) is 4.27. The maximum atomic E-state index is 13.0. The predicted molar refractivity (Wildman–Crippen MR) is 105 cm³/mol. The van der Waals surface area contributed by atoms with Gasteiger partial charge in [0.25, 0.3) is 5.91 Å². The number of hydrogen-bond acceptors (Lipinski definition) is 2. The Morgan fingerprint density at radius 3 is 2.27 bits per heavy atom. The molecule has 2 N–H and O–H groups in total. The molecule has 0 heterocycles. The maximum Gasteiger partial charge on any atom is 0.319 e. The van der Waals surface area contributed by atoms with Crippen molar-refractivity contribution in [3.8, 4) is 0 Å². The zero-order valence-electron chi connectivity index (χ0n) is 15.8. The van der Waals surface area contributed by atoms with Crippen LogP contribution in [-0.4, -0.2) is 28.9 Å². The Hall–Kier alpha value is -2.82. The number of amides is 3. The Labute approximate surface area is 155 Å². The molecule has 2 rings (SSSR count). The van der Waals surface area contributed by atoms with Gasteiger partial charge in [-0.3, -0.25) is 4.79 Å². The lowest BCUT2D eigenvalue weighted by Gasteiger charge is -2.27. The Bertz CT molecular complexity index is 742. The van der Waals surface area contributed by atoms with Gasteiger partial charge in [-0.2, -0.15) is 0 Å². The minimum Gasteiger partial charge on any atom is -0.336 e. The van der Waals surface area contributed by atoms with Crippen LogP contribution >= 0.6 is 0 Å². The molecule has 138 valence electrons. The van der Waals surface area contributed by atoms with E-state index in [9.17, 15) is 9.59 Å². The highest BCUT2D eigenvalue weighted by molar-refractivity contribution is 5.97. The third kappa shape index (κ3) is 5.62. The molecule has 3 amide bonds. The topological polar surface area (TPSA) is 61.4 Å². The lowest BCUT2D eigenvalue weighted by molar-refractivity contribution is 0.0690. The smallest absolute Gasteiger partial charge is 0.319 e. The van der Waals surface area contributed by atoms with Crippen LogP contribution in [0.4, 0.5) is 10.5 Å². The van der Waals surface area contributed by atoms with Crippen molar-refractivity contribution in [1.82, 2.24) is 10.2 Å². The van der Waals surface area contributed by atoms with Gasteiger partial charge < -0.3 is 15.5 Å². The van der Waals surface area contributed by atoms with E-state index in [1.54, 1.807) is 24.3 Å². The zero-order chi connectivity index (χ0) is 19.1. The van der Waals surface area contributed by atoms with Gasteiger partial charge in [-0.25, -0.2) is 4.79 Å². The summed E-state index contributed by atoms with van der Waals surface area (Å²) in [5.41, 5.74) is 2.23. The number of carbonyl (C=O) groups is 2. The molecule has 2 aromatic carbocycles. The Kier molecular flexibility index (Phi) is 6.78. The summed E-state index contributed by atoms with van der Waals surface area (Å²) in [5.74, 6) is -0.0585. The fourth-order valence-corrected chi connectivity index (χ4v) is 2.59. The SMILES string of the molecule is CC(C)NC(=O)Nc1cccc(C(=O)N(Cc2ccccc2)C(C)C)c1. The van der Waals surface area contributed by atoms with E-state index < -0.39 is 0 Å². The van der Waals surface area contributed by atoms with Crippen LogP contribution in [0.5, 0.6) is 0 Å². The van der Waals surface area contributed by atoms with E-state index in [1.807, 2.05) is 62.9 Å². The molecule has 5 heteroatoms. The zero-order valence-corrected chi connectivity index (χ0v) is 15.8. The van der Waals surface area contributed by atoms with Crippen molar-refractivity contribution >= 4 is 17.6 Å². The van der Waals surface area contributed by atoms with Crippen LogP contribution in [-0.2, 0) is 6.54 Å². The van der Waals surface area contributed by atoms with Gasteiger partial charge >= 0.3 is 6.03 Å². The van der Waals surface area contributed by atoms with Crippen molar-refractivity contribution in [2.45, 2.75) is 46.3 Å². The second-order valence-electron chi connectivity index (χ2n) is 6.85. The Morgan fingerprint density at radius 1 is 0.962 bits per heavy atom. The van der Waals surface area contributed by atoms with Crippen LogP contribution in [0.25, 0.3) is 0 Å². The van der Waals surface area contributed by atoms with E-state index in [2.05, 4.69) is 10.6 Å². The molecule has 0 aliphatic heterocycles. The molecule has 0 aromatic heterocycles. The molecule has 0 fully saturated rings. The Balaban J connectivity index is 2.15. The van der Waals surface area contributed by atoms with Gasteiger partial charge in [-0.15, -0.1) is 0 Å². The molecule has 0 unspecified atom stereocenters. The van der Waals surface area contributed by atoms with Gasteiger partial charge in [0.1, 0.15) is 0 Å². The number of hydrogen-bond donors (Lipinski definition) is 2. The fraction of sp³-hybridized carbons (Fsp3) is 0.333. The summed E-state index contributed by atoms with van der Waals surface area (Å²) in [4.78, 5) is 26.7. The first-order valence-corrected chi connectivity index (χ1v) is 8.89. The summed E-state index contributed by atoms with van der Waals surface area (Å²) in [6.45, 7) is 8.33. The highest BCUT2D eigenvalue weighted by Gasteiger charge is 2.19. The number of carbonyl (C=O) groups excluding carboxylic acids is 2. The van der Waals surface area contributed by atoms with Crippen molar-refractivity contribution in [2.75, 3.05) is 5.32 Å². The van der Waals surface area contributed by atoms with Gasteiger partial charge in [-0.1, -0.05) is 36.4 Å². The lowest BCUT2D eigenvalue weighted by Crippen LogP contribution is -2.36. The standard InChI is InChI=1S/C21H27N3O2/c1-15(2)22-21(26)23-19-12-8-11-18(13-19)20(25)24(16(3)4)14-17-9-6-5-7-10-17/h5-13,15-16H,14H2,1-4H3,(H2,22,23,26). The third-order valence-corrected chi connectivity index (χ3v) is 3.87. The fourth-order valence-electron chi connectivity index (χ4n) is 2.59. The molecule has 0 saturated carbocycles. The van der Waals surface area contributed by atoms with Crippen LogP contribution in [0.2, 0.25) is 0 Å². The first-order chi connectivity index (χ1) is 12.4. The molecule has 5 nitrogen and oxygen atoms in total. The van der Waals surface area contributed by atoms with Crippen LogP contribution in [0, 0.1) is 0 Å². The first kappa shape index (κ1) is 19.5. The molecular weight excluding hydrogens is 326 g/mol. The van der Waals surface area contributed by atoms with E-state index in [4.69, 9.17) is 0 Å². The minimum absolute atomic E-state index is 0.0436. The van der Waals surface area contributed by atoms with E-state index in [1.165, 1.54) is 0 Å². The molecule has 0 atom stereocenters. The molecule has 2 aromatic rings. The summed E-state index contributed by atoms with van der Waals surface area (Å²) >= 11 is 0. The number of nitrogens with one attached hydrogen (secondary N) is 2. The number of urea groups is 1. The molecule has 0 spiro atoms. The molecule has 0 saturated heterocycles.